The Morgan fingerprint density at radius 2 is 0.940 bits per heavy atom. The van der Waals surface area contributed by atoms with E-state index in [1.807, 2.05) is 0 Å². The first-order chi connectivity index (χ1) is 24.8. The average molecular weight is 640 g/mol. The van der Waals surface area contributed by atoms with Gasteiger partial charge in [0.2, 0.25) is 0 Å². The van der Waals surface area contributed by atoms with Gasteiger partial charge in [-0.1, -0.05) is 158 Å². The number of rotatable bonds is 6. The molecule has 8 aromatic carbocycles. The Hall–Kier alpha value is -6.18. The van der Waals surface area contributed by atoms with E-state index in [1.165, 1.54) is 66.5 Å². The van der Waals surface area contributed by atoms with Gasteiger partial charge in [-0.25, -0.2) is 0 Å². The van der Waals surface area contributed by atoms with Crippen LogP contribution in [0.2, 0.25) is 0 Å². The molecule has 50 heavy (non-hydrogen) atoms. The molecule has 0 fully saturated rings. The van der Waals surface area contributed by atoms with Crippen LogP contribution < -0.4 is 4.90 Å². The van der Waals surface area contributed by atoms with Crippen LogP contribution in [0.5, 0.6) is 0 Å². The summed E-state index contributed by atoms with van der Waals surface area (Å²) in [5.41, 5.74) is 15.2. The molecule has 1 heteroatoms. The quantitative estimate of drug-likeness (QED) is 0.175. The first-order valence-corrected chi connectivity index (χ1v) is 17.6. The number of hydrogen-bond acceptors (Lipinski definition) is 1. The van der Waals surface area contributed by atoms with E-state index in [0.717, 1.165) is 24.2 Å². The summed E-state index contributed by atoms with van der Waals surface area (Å²) in [5, 5.41) is 2.61. The van der Waals surface area contributed by atoms with Crippen LogP contribution in [0.25, 0.3) is 44.2 Å². The minimum Gasteiger partial charge on any atom is -0.310 e. The molecule has 1 nitrogen and oxygen atoms in total. The minimum absolute atomic E-state index is 0.332. The van der Waals surface area contributed by atoms with E-state index in [-0.39, 0.29) is 0 Å². The van der Waals surface area contributed by atoms with Crippen molar-refractivity contribution in [2.45, 2.75) is 18.8 Å². The van der Waals surface area contributed by atoms with Gasteiger partial charge in [-0.3, -0.25) is 0 Å². The Bertz CT molecular complexity index is 2310. The molecule has 0 heterocycles. The van der Waals surface area contributed by atoms with Crippen molar-refractivity contribution >= 4 is 27.8 Å². The molecule has 1 aliphatic rings. The standard InChI is InChI=1S/C49H37N/c1-4-12-35(13-5-1)37-20-26-42(27-21-37)50(43-28-22-38(23-29-43)36-14-6-2-7-15-36)44-30-33-47-41(34-44)25-31-45(39-16-8-3-9-17-39)48-32-24-40-18-10-11-19-46(40)49(47)48/h1-24,26-30,32-34,45H,25,31H2. The van der Waals surface area contributed by atoms with Crippen LogP contribution in [-0.4, -0.2) is 0 Å². The zero-order valence-electron chi connectivity index (χ0n) is 27.9. The molecular weight excluding hydrogens is 603 g/mol. The van der Waals surface area contributed by atoms with Gasteiger partial charge in [0.25, 0.3) is 0 Å². The first-order valence-electron chi connectivity index (χ1n) is 17.6. The minimum atomic E-state index is 0.332. The molecule has 0 spiro atoms. The second-order valence-electron chi connectivity index (χ2n) is 13.3. The molecule has 0 aromatic heterocycles. The zero-order chi connectivity index (χ0) is 33.3. The summed E-state index contributed by atoms with van der Waals surface area (Å²) in [6.45, 7) is 0. The predicted molar refractivity (Wildman–Crippen MR) is 212 cm³/mol. The molecule has 1 atom stereocenters. The van der Waals surface area contributed by atoms with Crippen LogP contribution >= 0.6 is 0 Å². The highest BCUT2D eigenvalue weighted by Gasteiger charge is 2.26. The fraction of sp³-hybridized carbons (Fsp3) is 0.0612. The van der Waals surface area contributed by atoms with Crippen LogP contribution in [0, 0.1) is 0 Å². The maximum atomic E-state index is 2.45. The molecule has 8 aromatic rings. The highest BCUT2D eigenvalue weighted by Crippen LogP contribution is 2.47. The fourth-order valence-electron chi connectivity index (χ4n) is 7.85. The molecule has 0 bridgehead atoms. The highest BCUT2D eigenvalue weighted by atomic mass is 15.1. The Morgan fingerprint density at radius 1 is 0.420 bits per heavy atom. The Morgan fingerprint density at radius 3 is 1.56 bits per heavy atom. The SMILES string of the molecule is c1ccc(-c2ccc(N(c3ccc(-c4ccccc4)cc3)c3ccc4c(c3)CCC(c3ccccc3)c3ccc5ccccc5c3-4)cc2)cc1. The van der Waals surface area contributed by atoms with Crippen LogP contribution in [0.4, 0.5) is 17.1 Å². The zero-order valence-corrected chi connectivity index (χ0v) is 27.9. The summed E-state index contributed by atoms with van der Waals surface area (Å²) in [6.07, 6.45) is 2.06. The first kappa shape index (κ1) is 29.9. The maximum absolute atomic E-state index is 2.45. The van der Waals surface area contributed by atoms with Crippen LogP contribution in [0.1, 0.15) is 29.0 Å². The normalized spacial score (nSPS) is 13.6. The Balaban J connectivity index is 1.18. The van der Waals surface area contributed by atoms with Crippen molar-refractivity contribution < 1.29 is 0 Å². The number of nitrogens with zero attached hydrogens (tertiary/aromatic N) is 1. The lowest BCUT2D eigenvalue weighted by Crippen LogP contribution is -2.10. The maximum Gasteiger partial charge on any atom is 0.0464 e. The Labute approximate surface area is 294 Å². The fourth-order valence-corrected chi connectivity index (χ4v) is 7.85. The van der Waals surface area contributed by atoms with Gasteiger partial charge in [-0.05, 0) is 110 Å². The van der Waals surface area contributed by atoms with Crippen molar-refractivity contribution in [3.05, 3.63) is 211 Å². The van der Waals surface area contributed by atoms with Gasteiger partial charge in [0.15, 0.2) is 0 Å². The lowest BCUT2D eigenvalue weighted by Gasteiger charge is -2.27. The van der Waals surface area contributed by atoms with Gasteiger partial charge in [0.1, 0.15) is 0 Å². The summed E-state index contributed by atoms with van der Waals surface area (Å²) in [7, 11) is 0. The van der Waals surface area contributed by atoms with Crippen molar-refractivity contribution in [3.8, 4) is 33.4 Å². The number of anilines is 3. The number of fused-ring (bicyclic) bond motifs is 5. The number of benzene rings is 8. The topological polar surface area (TPSA) is 3.24 Å². The van der Waals surface area contributed by atoms with Gasteiger partial charge in [0, 0.05) is 23.0 Å². The molecule has 1 unspecified atom stereocenters. The third-order valence-corrected chi connectivity index (χ3v) is 10.3. The molecular formula is C49H37N. The highest BCUT2D eigenvalue weighted by molar-refractivity contribution is 6.00. The lowest BCUT2D eigenvalue weighted by molar-refractivity contribution is 0.726. The molecule has 0 radical (unpaired) electrons. The number of aryl methyl sites for hydroxylation is 1. The molecule has 238 valence electrons. The van der Waals surface area contributed by atoms with Crippen molar-refractivity contribution in [2.75, 3.05) is 4.90 Å². The van der Waals surface area contributed by atoms with Crippen LogP contribution in [0.15, 0.2) is 194 Å². The third-order valence-electron chi connectivity index (χ3n) is 10.3. The molecule has 0 N–H and O–H groups in total. The van der Waals surface area contributed by atoms with Crippen molar-refractivity contribution in [1.29, 1.82) is 0 Å². The van der Waals surface area contributed by atoms with Gasteiger partial charge >= 0.3 is 0 Å². The van der Waals surface area contributed by atoms with Crippen molar-refractivity contribution in [1.82, 2.24) is 0 Å². The average Bonchev–Trinajstić information content (AvgIpc) is 3.36. The van der Waals surface area contributed by atoms with Crippen molar-refractivity contribution in [3.63, 3.8) is 0 Å². The van der Waals surface area contributed by atoms with E-state index in [4.69, 9.17) is 0 Å². The van der Waals surface area contributed by atoms with Crippen LogP contribution in [-0.2, 0) is 6.42 Å². The summed E-state index contributed by atoms with van der Waals surface area (Å²) < 4.78 is 0. The smallest absolute Gasteiger partial charge is 0.0464 e. The predicted octanol–water partition coefficient (Wildman–Crippen LogP) is 13.4. The summed E-state index contributed by atoms with van der Waals surface area (Å²) in [5.74, 6) is 0.332. The number of hydrogen-bond donors (Lipinski definition) is 0. The Kier molecular flexibility index (Phi) is 7.80. The van der Waals surface area contributed by atoms with E-state index in [9.17, 15) is 0 Å². The van der Waals surface area contributed by atoms with Gasteiger partial charge in [-0.2, -0.15) is 0 Å². The molecule has 0 saturated carbocycles. The summed E-state index contributed by atoms with van der Waals surface area (Å²) >= 11 is 0. The largest absolute Gasteiger partial charge is 0.310 e. The third kappa shape index (κ3) is 5.57. The van der Waals surface area contributed by atoms with E-state index < -0.39 is 0 Å². The van der Waals surface area contributed by atoms with Gasteiger partial charge in [0.05, 0.1) is 0 Å². The van der Waals surface area contributed by atoms with E-state index in [0.29, 0.717) is 5.92 Å². The van der Waals surface area contributed by atoms with Gasteiger partial charge in [-0.15, -0.1) is 0 Å². The van der Waals surface area contributed by atoms with Gasteiger partial charge < -0.3 is 4.90 Å². The van der Waals surface area contributed by atoms with E-state index in [2.05, 4.69) is 199 Å². The van der Waals surface area contributed by atoms with Crippen LogP contribution in [0.3, 0.4) is 0 Å². The molecule has 0 amide bonds. The summed E-state index contributed by atoms with van der Waals surface area (Å²) in [6, 6.07) is 71.0. The molecule has 1 aliphatic carbocycles. The molecule has 9 rings (SSSR count). The van der Waals surface area contributed by atoms with E-state index in [1.54, 1.807) is 0 Å². The van der Waals surface area contributed by atoms with E-state index >= 15 is 0 Å². The molecule has 0 saturated heterocycles. The van der Waals surface area contributed by atoms with Crippen molar-refractivity contribution in [2.24, 2.45) is 0 Å². The monoisotopic (exact) mass is 639 g/mol. The second-order valence-corrected chi connectivity index (χ2v) is 13.3. The lowest BCUT2D eigenvalue weighted by atomic mass is 9.84. The summed E-state index contributed by atoms with van der Waals surface area (Å²) in [4.78, 5) is 2.41. The molecule has 0 aliphatic heterocycles. The second kappa shape index (κ2) is 13.0.